The van der Waals surface area contributed by atoms with E-state index in [0.717, 1.165) is 50.9 Å². The summed E-state index contributed by atoms with van der Waals surface area (Å²) in [5, 5.41) is 3.27. The van der Waals surface area contributed by atoms with Gasteiger partial charge in [-0.05, 0) is 38.2 Å². The second-order valence-corrected chi connectivity index (χ2v) is 4.68. The lowest BCUT2D eigenvalue weighted by Gasteiger charge is -2.17. The van der Waals surface area contributed by atoms with E-state index in [1.165, 1.54) is 5.56 Å². The first kappa shape index (κ1) is 16.2. The number of aryl methyl sites for hydroxylation is 1. The molecule has 0 aromatic carbocycles. The zero-order valence-corrected chi connectivity index (χ0v) is 12.8. The third-order valence-corrected chi connectivity index (χ3v) is 3.30. The third kappa shape index (κ3) is 5.76. The minimum absolute atomic E-state index is 0.564. The highest BCUT2D eigenvalue weighted by atomic mass is 16.5. The number of hydrogen-bond donors (Lipinski definition) is 1. The topological polar surface area (TPSA) is 37.6 Å². The van der Waals surface area contributed by atoms with Crippen LogP contribution in [0.15, 0.2) is 10.5 Å². The Hall–Kier alpha value is -0.840. The van der Waals surface area contributed by atoms with Crippen LogP contribution in [0.3, 0.4) is 0 Å². The molecule has 0 saturated carbocycles. The molecule has 0 atom stereocenters. The van der Waals surface area contributed by atoms with Crippen LogP contribution < -0.4 is 5.32 Å². The summed E-state index contributed by atoms with van der Waals surface area (Å²) in [4.78, 5) is 2.35. The summed E-state index contributed by atoms with van der Waals surface area (Å²) in [6.07, 6.45) is 0. The summed E-state index contributed by atoms with van der Waals surface area (Å²) in [6.45, 7) is 14.7. The molecule has 0 aliphatic carbocycles. The number of nitrogens with one attached hydrogen (secondary N) is 1. The molecule has 110 valence electrons. The van der Waals surface area contributed by atoms with Crippen molar-refractivity contribution in [2.75, 3.05) is 32.8 Å². The van der Waals surface area contributed by atoms with E-state index in [1.54, 1.807) is 0 Å². The fraction of sp³-hybridized carbons (Fsp3) is 0.733. The van der Waals surface area contributed by atoms with Gasteiger partial charge < -0.3 is 19.4 Å². The first-order valence-electron chi connectivity index (χ1n) is 7.30. The van der Waals surface area contributed by atoms with Crippen molar-refractivity contribution in [2.24, 2.45) is 0 Å². The highest BCUT2D eigenvalue weighted by Crippen LogP contribution is 2.15. The van der Waals surface area contributed by atoms with E-state index in [4.69, 9.17) is 9.15 Å². The Bertz CT molecular complexity index is 346. The summed E-state index contributed by atoms with van der Waals surface area (Å²) >= 11 is 0. The molecular weight excluding hydrogens is 240 g/mol. The maximum atomic E-state index is 5.78. The molecule has 4 heteroatoms. The molecule has 0 radical (unpaired) electrons. The normalized spacial score (nSPS) is 11.4. The Balaban J connectivity index is 2.29. The Kier molecular flexibility index (Phi) is 7.79. The van der Waals surface area contributed by atoms with Gasteiger partial charge in [0.2, 0.25) is 0 Å². The first-order valence-corrected chi connectivity index (χ1v) is 7.30. The molecular formula is C15H28N2O2. The van der Waals surface area contributed by atoms with E-state index in [2.05, 4.69) is 44.0 Å². The van der Waals surface area contributed by atoms with Gasteiger partial charge in [0.15, 0.2) is 0 Å². The summed E-state index contributed by atoms with van der Waals surface area (Å²) in [7, 11) is 0. The van der Waals surface area contributed by atoms with E-state index >= 15 is 0 Å². The molecule has 0 aliphatic rings. The zero-order valence-electron chi connectivity index (χ0n) is 12.8. The van der Waals surface area contributed by atoms with Crippen LogP contribution in [0.2, 0.25) is 0 Å². The molecule has 1 aromatic rings. The molecule has 0 spiro atoms. The van der Waals surface area contributed by atoms with Crippen molar-refractivity contribution in [1.82, 2.24) is 10.2 Å². The monoisotopic (exact) mass is 268 g/mol. The van der Waals surface area contributed by atoms with E-state index in [-0.39, 0.29) is 0 Å². The van der Waals surface area contributed by atoms with Gasteiger partial charge in [0.1, 0.15) is 18.1 Å². The van der Waals surface area contributed by atoms with Gasteiger partial charge in [-0.3, -0.25) is 0 Å². The number of likely N-dealkylation sites (N-methyl/N-ethyl adjacent to an activating group) is 1. The maximum Gasteiger partial charge on any atom is 0.130 e. The average Bonchev–Trinajstić information content (AvgIpc) is 2.77. The van der Waals surface area contributed by atoms with Gasteiger partial charge in [0, 0.05) is 6.54 Å². The SMILES string of the molecule is CCNCc1oc(COCCN(CC)CC)cc1C. The highest BCUT2D eigenvalue weighted by molar-refractivity contribution is 5.19. The Labute approximate surface area is 117 Å². The minimum Gasteiger partial charge on any atom is -0.462 e. The lowest BCUT2D eigenvalue weighted by atomic mass is 10.2. The van der Waals surface area contributed by atoms with Gasteiger partial charge in [-0.2, -0.15) is 0 Å². The van der Waals surface area contributed by atoms with Crippen molar-refractivity contribution in [1.29, 1.82) is 0 Å². The lowest BCUT2D eigenvalue weighted by Crippen LogP contribution is -2.26. The molecule has 0 amide bonds. The van der Waals surface area contributed by atoms with Gasteiger partial charge in [0.05, 0.1) is 13.2 Å². The Morgan fingerprint density at radius 3 is 2.63 bits per heavy atom. The van der Waals surface area contributed by atoms with Crippen LogP contribution in [-0.2, 0) is 17.9 Å². The van der Waals surface area contributed by atoms with Crippen LogP contribution in [0, 0.1) is 6.92 Å². The highest BCUT2D eigenvalue weighted by Gasteiger charge is 2.07. The van der Waals surface area contributed by atoms with E-state index in [1.807, 2.05) is 0 Å². The van der Waals surface area contributed by atoms with Crippen LogP contribution >= 0.6 is 0 Å². The number of nitrogens with zero attached hydrogens (tertiary/aromatic N) is 1. The first-order chi connectivity index (χ1) is 9.21. The van der Waals surface area contributed by atoms with Crippen molar-refractivity contribution < 1.29 is 9.15 Å². The van der Waals surface area contributed by atoms with E-state index < -0.39 is 0 Å². The van der Waals surface area contributed by atoms with Crippen LogP contribution in [0.25, 0.3) is 0 Å². The molecule has 0 bridgehead atoms. The van der Waals surface area contributed by atoms with Gasteiger partial charge in [-0.1, -0.05) is 20.8 Å². The number of rotatable bonds is 10. The fourth-order valence-electron chi connectivity index (χ4n) is 1.98. The Morgan fingerprint density at radius 1 is 1.26 bits per heavy atom. The van der Waals surface area contributed by atoms with Crippen molar-refractivity contribution in [3.63, 3.8) is 0 Å². The molecule has 0 unspecified atom stereocenters. The van der Waals surface area contributed by atoms with Gasteiger partial charge in [-0.25, -0.2) is 0 Å². The second-order valence-electron chi connectivity index (χ2n) is 4.68. The average molecular weight is 268 g/mol. The van der Waals surface area contributed by atoms with Crippen LogP contribution in [0.1, 0.15) is 37.9 Å². The minimum atomic E-state index is 0.564. The molecule has 19 heavy (non-hydrogen) atoms. The molecule has 1 N–H and O–H groups in total. The smallest absolute Gasteiger partial charge is 0.130 e. The van der Waals surface area contributed by atoms with Crippen molar-refractivity contribution in [2.45, 2.75) is 40.8 Å². The van der Waals surface area contributed by atoms with Crippen LogP contribution in [0.5, 0.6) is 0 Å². The van der Waals surface area contributed by atoms with Crippen LogP contribution in [0.4, 0.5) is 0 Å². The third-order valence-electron chi connectivity index (χ3n) is 3.30. The summed E-state index contributed by atoms with van der Waals surface area (Å²) in [5.41, 5.74) is 1.20. The molecule has 1 rings (SSSR count). The molecule has 4 nitrogen and oxygen atoms in total. The number of furan rings is 1. The second kappa shape index (κ2) is 9.13. The van der Waals surface area contributed by atoms with Gasteiger partial charge in [-0.15, -0.1) is 0 Å². The zero-order chi connectivity index (χ0) is 14.1. The van der Waals surface area contributed by atoms with E-state index in [0.29, 0.717) is 6.61 Å². The van der Waals surface area contributed by atoms with Crippen molar-refractivity contribution in [3.8, 4) is 0 Å². The predicted octanol–water partition coefficient (Wildman–Crippen LogP) is 2.56. The summed E-state index contributed by atoms with van der Waals surface area (Å²) in [6, 6.07) is 2.07. The number of hydrogen-bond acceptors (Lipinski definition) is 4. The van der Waals surface area contributed by atoms with E-state index in [9.17, 15) is 0 Å². The molecule has 0 aliphatic heterocycles. The van der Waals surface area contributed by atoms with Crippen molar-refractivity contribution >= 4 is 0 Å². The van der Waals surface area contributed by atoms with Crippen molar-refractivity contribution in [3.05, 3.63) is 23.2 Å². The molecule has 0 saturated heterocycles. The maximum absolute atomic E-state index is 5.78. The predicted molar refractivity (Wildman–Crippen MR) is 78.3 cm³/mol. The standard InChI is InChI=1S/C15H28N2O2/c1-5-16-11-15-13(4)10-14(19-15)12-18-9-8-17(6-2)7-3/h10,16H,5-9,11-12H2,1-4H3. The largest absolute Gasteiger partial charge is 0.462 e. The Morgan fingerprint density at radius 2 is 2.00 bits per heavy atom. The quantitative estimate of drug-likeness (QED) is 0.662. The molecule has 1 heterocycles. The lowest BCUT2D eigenvalue weighted by molar-refractivity contribution is 0.0836. The molecule has 1 aromatic heterocycles. The van der Waals surface area contributed by atoms with Crippen LogP contribution in [-0.4, -0.2) is 37.7 Å². The van der Waals surface area contributed by atoms with Gasteiger partial charge in [0.25, 0.3) is 0 Å². The molecule has 0 fully saturated rings. The summed E-state index contributed by atoms with van der Waals surface area (Å²) in [5.74, 6) is 1.94. The summed E-state index contributed by atoms with van der Waals surface area (Å²) < 4.78 is 11.4. The van der Waals surface area contributed by atoms with Gasteiger partial charge >= 0.3 is 0 Å². The number of ether oxygens (including phenoxy) is 1. The fourth-order valence-corrected chi connectivity index (χ4v) is 1.98.